The molecule has 0 saturated heterocycles. The van der Waals surface area contributed by atoms with Crippen molar-refractivity contribution < 1.29 is 4.92 Å². The van der Waals surface area contributed by atoms with Gasteiger partial charge in [-0.1, -0.05) is 12.8 Å². The van der Waals surface area contributed by atoms with Gasteiger partial charge in [-0.3, -0.25) is 10.1 Å². The number of anilines is 2. The van der Waals surface area contributed by atoms with Gasteiger partial charge >= 0.3 is 5.69 Å². The molecule has 0 aromatic carbocycles. The Balaban J connectivity index is 2.16. The van der Waals surface area contributed by atoms with Gasteiger partial charge in [0, 0.05) is 12.6 Å². The van der Waals surface area contributed by atoms with Crippen molar-refractivity contribution in [3.8, 4) is 0 Å². The zero-order chi connectivity index (χ0) is 13.0. The SMILES string of the molecule is CCNc1nc(NC2CCCC2)ncc1[N+](=O)[O-]. The van der Waals surface area contributed by atoms with E-state index in [-0.39, 0.29) is 11.5 Å². The van der Waals surface area contributed by atoms with Gasteiger partial charge in [0.15, 0.2) is 0 Å². The molecule has 2 N–H and O–H groups in total. The van der Waals surface area contributed by atoms with Crippen LogP contribution in [-0.4, -0.2) is 27.5 Å². The van der Waals surface area contributed by atoms with Crippen LogP contribution in [0.5, 0.6) is 0 Å². The van der Waals surface area contributed by atoms with Crippen LogP contribution in [0.1, 0.15) is 32.6 Å². The summed E-state index contributed by atoms with van der Waals surface area (Å²) >= 11 is 0. The lowest BCUT2D eigenvalue weighted by Crippen LogP contribution is -2.17. The first-order valence-corrected chi connectivity index (χ1v) is 6.22. The van der Waals surface area contributed by atoms with Gasteiger partial charge in [-0.15, -0.1) is 0 Å². The van der Waals surface area contributed by atoms with Gasteiger partial charge < -0.3 is 10.6 Å². The monoisotopic (exact) mass is 251 g/mol. The second-order valence-corrected chi connectivity index (χ2v) is 4.34. The largest absolute Gasteiger partial charge is 0.364 e. The molecule has 18 heavy (non-hydrogen) atoms. The summed E-state index contributed by atoms with van der Waals surface area (Å²) in [5, 5.41) is 16.9. The molecule has 0 bridgehead atoms. The summed E-state index contributed by atoms with van der Waals surface area (Å²) in [5.74, 6) is 0.737. The summed E-state index contributed by atoms with van der Waals surface area (Å²) in [6.45, 7) is 2.45. The van der Waals surface area contributed by atoms with E-state index in [1.807, 2.05) is 6.92 Å². The molecule has 0 amide bonds. The molecule has 0 atom stereocenters. The Morgan fingerprint density at radius 1 is 1.50 bits per heavy atom. The fourth-order valence-electron chi connectivity index (χ4n) is 2.13. The predicted molar refractivity (Wildman–Crippen MR) is 68.7 cm³/mol. The summed E-state index contributed by atoms with van der Waals surface area (Å²) in [7, 11) is 0. The third-order valence-electron chi connectivity index (χ3n) is 3.00. The molecule has 98 valence electrons. The third kappa shape index (κ3) is 2.85. The molecule has 1 fully saturated rings. The van der Waals surface area contributed by atoms with Crippen molar-refractivity contribution >= 4 is 17.5 Å². The number of rotatable bonds is 5. The van der Waals surface area contributed by atoms with Crippen LogP contribution in [0.4, 0.5) is 17.5 Å². The van der Waals surface area contributed by atoms with E-state index in [4.69, 9.17) is 0 Å². The van der Waals surface area contributed by atoms with Crippen molar-refractivity contribution in [2.75, 3.05) is 17.2 Å². The van der Waals surface area contributed by atoms with E-state index in [0.717, 1.165) is 12.8 Å². The van der Waals surface area contributed by atoms with Crippen molar-refractivity contribution in [3.05, 3.63) is 16.3 Å². The van der Waals surface area contributed by atoms with Gasteiger partial charge in [0.05, 0.1) is 4.92 Å². The number of nitro groups is 1. The minimum absolute atomic E-state index is 0.0891. The van der Waals surface area contributed by atoms with Crippen LogP contribution in [0.25, 0.3) is 0 Å². The average molecular weight is 251 g/mol. The molecule has 1 aromatic rings. The van der Waals surface area contributed by atoms with Crippen molar-refractivity contribution in [2.45, 2.75) is 38.6 Å². The van der Waals surface area contributed by atoms with Gasteiger partial charge in [0.25, 0.3) is 0 Å². The highest BCUT2D eigenvalue weighted by molar-refractivity contribution is 5.56. The van der Waals surface area contributed by atoms with E-state index in [0.29, 0.717) is 18.5 Å². The smallest absolute Gasteiger partial charge is 0.329 e. The standard InChI is InChI=1S/C11H17N5O2/c1-2-12-10-9(16(17)18)7-13-11(15-10)14-8-5-3-4-6-8/h7-8H,2-6H2,1H3,(H2,12,13,14,15). The van der Waals surface area contributed by atoms with E-state index in [9.17, 15) is 10.1 Å². The number of hydrogen-bond donors (Lipinski definition) is 2. The normalized spacial score (nSPS) is 15.6. The van der Waals surface area contributed by atoms with Crippen LogP contribution in [0.3, 0.4) is 0 Å². The molecular formula is C11H17N5O2. The van der Waals surface area contributed by atoms with Gasteiger partial charge in [-0.25, -0.2) is 4.98 Å². The van der Waals surface area contributed by atoms with Crippen molar-refractivity contribution in [1.29, 1.82) is 0 Å². The number of aromatic nitrogens is 2. The maximum absolute atomic E-state index is 10.8. The molecule has 1 aliphatic rings. The topological polar surface area (TPSA) is 93.0 Å². The van der Waals surface area contributed by atoms with Crippen molar-refractivity contribution in [2.24, 2.45) is 0 Å². The second-order valence-electron chi connectivity index (χ2n) is 4.34. The lowest BCUT2D eigenvalue weighted by Gasteiger charge is -2.12. The highest BCUT2D eigenvalue weighted by atomic mass is 16.6. The average Bonchev–Trinajstić information content (AvgIpc) is 2.82. The Bertz CT molecular complexity index is 431. The molecule has 1 heterocycles. The Hall–Kier alpha value is -1.92. The Labute approximate surface area is 105 Å². The fraction of sp³-hybridized carbons (Fsp3) is 0.636. The van der Waals surface area contributed by atoms with Crippen LogP contribution in [0.2, 0.25) is 0 Å². The lowest BCUT2D eigenvalue weighted by molar-refractivity contribution is -0.384. The summed E-state index contributed by atoms with van der Waals surface area (Å²) < 4.78 is 0. The molecule has 7 heteroatoms. The van der Waals surface area contributed by atoms with Crippen LogP contribution in [0, 0.1) is 10.1 Å². The van der Waals surface area contributed by atoms with E-state index in [1.54, 1.807) is 0 Å². The molecule has 1 saturated carbocycles. The molecule has 7 nitrogen and oxygen atoms in total. The van der Waals surface area contributed by atoms with Gasteiger partial charge in [-0.2, -0.15) is 4.98 Å². The molecule has 0 radical (unpaired) electrons. The zero-order valence-electron chi connectivity index (χ0n) is 10.3. The molecule has 0 aliphatic heterocycles. The minimum atomic E-state index is -0.475. The van der Waals surface area contributed by atoms with Crippen LogP contribution in [0.15, 0.2) is 6.20 Å². The van der Waals surface area contributed by atoms with Crippen LogP contribution >= 0.6 is 0 Å². The summed E-state index contributed by atoms with van der Waals surface area (Å²) in [6, 6.07) is 0.390. The Kier molecular flexibility index (Phi) is 3.91. The second kappa shape index (κ2) is 5.61. The summed E-state index contributed by atoms with van der Waals surface area (Å²) in [5.41, 5.74) is -0.0891. The molecule has 0 spiro atoms. The zero-order valence-corrected chi connectivity index (χ0v) is 10.3. The minimum Gasteiger partial charge on any atom is -0.364 e. The Morgan fingerprint density at radius 2 is 2.22 bits per heavy atom. The maximum atomic E-state index is 10.8. The van der Waals surface area contributed by atoms with Crippen LogP contribution < -0.4 is 10.6 Å². The molecular weight excluding hydrogens is 234 g/mol. The molecule has 1 aliphatic carbocycles. The Morgan fingerprint density at radius 3 is 2.83 bits per heavy atom. The van der Waals surface area contributed by atoms with Crippen molar-refractivity contribution in [3.63, 3.8) is 0 Å². The van der Waals surface area contributed by atoms with E-state index < -0.39 is 4.92 Å². The highest BCUT2D eigenvalue weighted by Gasteiger charge is 2.19. The maximum Gasteiger partial charge on any atom is 0.329 e. The number of hydrogen-bond acceptors (Lipinski definition) is 6. The van der Waals surface area contributed by atoms with E-state index in [1.165, 1.54) is 19.0 Å². The first-order chi connectivity index (χ1) is 8.70. The number of nitrogens with one attached hydrogen (secondary N) is 2. The van der Waals surface area contributed by atoms with E-state index >= 15 is 0 Å². The molecule has 1 aromatic heterocycles. The van der Waals surface area contributed by atoms with E-state index in [2.05, 4.69) is 20.6 Å². The highest BCUT2D eigenvalue weighted by Crippen LogP contribution is 2.24. The predicted octanol–water partition coefficient (Wildman–Crippen LogP) is 2.17. The first-order valence-electron chi connectivity index (χ1n) is 6.22. The summed E-state index contributed by atoms with van der Waals surface area (Å²) in [4.78, 5) is 18.5. The van der Waals surface area contributed by atoms with Gasteiger partial charge in [-0.05, 0) is 19.8 Å². The van der Waals surface area contributed by atoms with Gasteiger partial charge in [0.2, 0.25) is 11.8 Å². The first kappa shape index (κ1) is 12.5. The lowest BCUT2D eigenvalue weighted by atomic mass is 10.2. The van der Waals surface area contributed by atoms with Gasteiger partial charge in [0.1, 0.15) is 6.20 Å². The summed E-state index contributed by atoms with van der Waals surface area (Å²) in [6.07, 6.45) is 5.89. The fourth-order valence-corrected chi connectivity index (χ4v) is 2.13. The molecule has 0 unspecified atom stereocenters. The quantitative estimate of drug-likeness (QED) is 0.615. The van der Waals surface area contributed by atoms with Crippen molar-refractivity contribution in [1.82, 2.24) is 9.97 Å². The third-order valence-corrected chi connectivity index (χ3v) is 3.00. The van der Waals surface area contributed by atoms with Crippen LogP contribution in [-0.2, 0) is 0 Å². The number of nitrogens with zero attached hydrogens (tertiary/aromatic N) is 3. The molecule has 2 rings (SSSR count).